The Balaban J connectivity index is 1.95. The van der Waals surface area contributed by atoms with Gasteiger partial charge in [-0.15, -0.1) is 0 Å². The first-order valence-electron chi connectivity index (χ1n) is 7.38. The second-order valence-corrected chi connectivity index (χ2v) is 5.37. The van der Waals surface area contributed by atoms with Crippen LogP contribution >= 0.6 is 0 Å². The van der Waals surface area contributed by atoms with Gasteiger partial charge in [0.25, 0.3) is 0 Å². The van der Waals surface area contributed by atoms with Gasteiger partial charge in [-0.05, 0) is 35.8 Å². The zero-order chi connectivity index (χ0) is 16.4. The van der Waals surface area contributed by atoms with Crippen LogP contribution in [0, 0.1) is 0 Å². The summed E-state index contributed by atoms with van der Waals surface area (Å²) in [4.78, 5) is 32.4. The zero-order valence-electron chi connectivity index (χ0n) is 13.0. The Hall–Kier alpha value is -2.82. The summed E-state index contributed by atoms with van der Waals surface area (Å²) < 4.78 is 5.30. The fraction of sp³-hybridized carbons (Fsp3) is 0.222. The average Bonchev–Trinajstić information content (AvgIpc) is 2.59. The lowest BCUT2D eigenvalue weighted by Gasteiger charge is -2.14. The number of carbonyl (C=O) groups excluding carboxylic acids is 2. The monoisotopic (exact) mass is 308 g/mol. The number of Topliss-reactive ketones (excluding diaryl/α,β-unsaturated/α-hetero) is 1. The number of allylic oxidation sites excluding steroid dienone is 2. The molecule has 0 aliphatic heterocycles. The Morgan fingerprint density at radius 1 is 1.13 bits per heavy atom. The highest BCUT2D eigenvalue weighted by Gasteiger charge is 2.26. The van der Waals surface area contributed by atoms with E-state index in [1.165, 1.54) is 18.6 Å². The predicted molar refractivity (Wildman–Crippen MR) is 84.9 cm³/mol. The minimum absolute atomic E-state index is 0.175. The first-order chi connectivity index (χ1) is 11.1. The van der Waals surface area contributed by atoms with Crippen LogP contribution in [-0.2, 0) is 12.8 Å². The van der Waals surface area contributed by atoms with Crippen molar-refractivity contribution >= 4 is 11.6 Å². The molecule has 5 heteroatoms. The van der Waals surface area contributed by atoms with Crippen LogP contribution in [-0.4, -0.2) is 28.6 Å². The van der Waals surface area contributed by atoms with Crippen molar-refractivity contribution in [2.24, 2.45) is 0 Å². The lowest BCUT2D eigenvalue weighted by atomic mass is 9.89. The van der Waals surface area contributed by atoms with Gasteiger partial charge < -0.3 is 4.74 Å². The third-order valence-corrected chi connectivity index (χ3v) is 3.85. The second-order valence-electron chi connectivity index (χ2n) is 5.37. The molecule has 0 saturated heterocycles. The summed E-state index contributed by atoms with van der Waals surface area (Å²) in [5.74, 6) is 0.301. The van der Waals surface area contributed by atoms with E-state index in [1.807, 2.05) is 18.2 Å². The van der Waals surface area contributed by atoms with E-state index in [9.17, 15) is 9.59 Å². The summed E-state index contributed by atoms with van der Waals surface area (Å²) in [7, 11) is 1.61. The molecule has 0 radical (unpaired) electrons. The van der Waals surface area contributed by atoms with Gasteiger partial charge in [0.1, 0.15) is 17.8 Å². The molecule has 1 aliphatic carbocycles. The molecule has 0 bridgehead atoms. The molecule has 2 aromatic rings. The third kappa shape index (κ3) is 2.90. The van der Waals surface area contributed by atoms with Crippen LogP contribution in [0.25, 0.3) is 0 Å². The Kier molecular flexibility index (Phi) is 4.02. The molecular formula is C18H16N2O3. The molecule has 0 amide bonds. The molecular weight excluding hydrogens is 292 g/mol. The number of hydrogen-bond acceptors (Lipinski definition) is 5. The van der Waals surface area contributed by atoms with Gasteiger partial charge in [-0.3, -0.25) is 9.59 Å². The van der Waals surface area contributed by atoms with Crippen molar-refractivity contribution in [3.63, 3.8) is 0 Å². The first kappa shape index (κ1) is 15.1. The van der Waals surface area contributed by atoms with Crippen LogP contribution in [0.15, 0.2) is 42.4 Å². The molecule has 0 saturated carbocycles. The minimum Gasteiger partial charge on any atom is -0.497 e. The molecule has 1 aromatic carbocycles. The molecule has 3 rings (SSSR count). The standard InChI is InChI=1S/C18H16N2O3/c1-3-11-4-12(7-14(6-11)23-2)5-13-8-16(21)17-15(18(13)22)9-19-10-20-17/h4,6-10H,3,5H2,1-2H3. The summed E-state index contributed by atoms with van der Waals surface area (Å²) >= 11 is 0. The highest BCUT2D eigenvalue weighted by Crippen LogP contribution is 2.24. The van der Waals surface area contributed by atoms with E-state index in [0.29, 0.717) is 12.0 Å². The highest BCUT2D eigenvalue weighted by atomic mass is 16.5. The molecule has 0 atom stereocenters. The Labute approximate surface area is 134 Å². The van der Waals surface area contributed by atoms with Crippen LogP contribution in [0.5, 0.6) is 5.75 Å². The van der Waals surface area contributed by atoms with E-state index in [0.717, 1.165) is 23.3 Å². The number of benzene rings is 1. The Bertz CT molecular complexity index is 803. The van der Waals surface area contributed by atoms with E-state index >= 15 is 0 Å². The number of fused-ring (bicyclic) bond motifs is 1. The highest BCUT2D eigenvalue weighted by molar-refractivity contribution is 6.23. The Morgan fingerprint density at radius 3 is 2.65 bits per heavy atom. The lowest BCUT2D eigenvalue weighted by molar-refractivity contribution is 0.0978. The molecule has 23 heavy (non-hydrogen) atoms. The minimum atomic E-state index is -0.254. The second kappa shape index (κ2) is 6.12. The summed E-state index contributed by atoms with van der Waals surface area (Å²) in [5, 5.41) is 0. The predicted octanol–water partition coefficient (Wildman–Crippen LogP) is 2.60. The molecule has 116 valence electrons. The fourth-order valence-electron chi connectivity index (χ4n) is 2.66. The molecule has 0 unspecified atom stereocenters. The number of aromatic nitrogens is 2. The van der Waals surface area contributed by atoms with Crippen LogP contribution in [0.3, 0.4) is 0 Å². The van der Waals surface area contributed by atoms with Gasteiger partial charge in [0.05, 0.1) is 12.7 Å². The van der Waals surface area contributed by atoms with Crippen molar-refractivity contribution in [2.75, 3.05) is 7.11 Å². The van der Waals surface area contributed by atoms with Crippen molar-refractivity contribution in [3.05, 3.63) is 64.8 Å². The summed E-state index contributed by atoms with van der Waals surface area (Å²) in [6.45, 7) is 2.06. The molecule has 1 heterocycles. The summed E-state index contributed by atoms with van der Waals surface area (Å²) in [5.41, 5.74) is 2.96. The number of rotatable bonds is 4. The van der Waals surface area contributed by atoms with Gasteiger partial charge in [-0.2, -0.15) is 0 Å². The van der Waals surface area contributed by atoms with E-state index in [1.54, 1.807) is 7.11 Å². The molecule has 0 spiro atoms. The van der Waals surface area contributed by atoms with Crippen molar-refractivity contribution in [1.82, 2.24) is 9.97 Å². The van der Waals surface area contributed by atoms with Gasteiger partial charge in [0.2, 0.25) is 5.78 Å². The number of ether oxygens (including phenoxy) is 1. The maximum absolute atomic E-state index is 12.5. The molecule has 0 fully saturated rings. The normalized spacial score (nSPS) is 13.6. The average molecular weight is 308 g/mol. The number of methoxy groups -OCH3 is 1. The molecule has 1 aliphatic rings. The summed E-state index contributed by atoms with van der Waals surface area (Å²) in [6.07, 6.45) is 5.30. The van der Waals surface area contributed by atoms with Crippen molar-refractivity contribution in [1.29, 1.82) is 0 Å². The van der Waals surface area contributed by atoms with Crippen molar-refractivity contribution < 1.29 is 14.3 Å². The number of aryl methyl sites for hydroxylation is 1. The first-order valence-corrected chi connectivity index (χ1v) is 7.38. The number of hydrogen-bond donors (Lipinski definition) is 0. The Morgan fingerprint density at radius 2 is 1.91 bits per heavy atom. The quantitative estimate of drug-likeness (QED) is 0.868. The maximum Gasteiger partial charge on any atom is 0.205 e. The fourth-order valence-corrected chi connectivity index (χ4v) is 2.66. The van der Waals surface area contributed by atoms with Crippen LogP contribution in [0.1, 0.15) is 38.9 Å². The van der Waals surface area contributed by atoms with Gasteiger partial charge >= 0.3 is 0 Å². The lowest BCUT2D eigenvalue weighted by Crippen LogP contribution is -2.20. The zero-order valence-corrected chi connectivity index (χ0v) is 13.0. The molecule has 0 N–H and O–H groups in total. The van der Waals surface area contributed by atoms with E-state index in [-0.39, 0.29) is 22.8 Å². The van der Waals surface area contributed by atoms with E-state index in [2.05, 4.69) is 16.9 Å². The van der Waals surface area contributed by atoms with Crippen LogP contribution < -0.4 is 4.74 Å². The number of nitrogens with zero attached hydrogens (tertiary/aromatic N) is 2. The topological polar surface area (TPSA) is 69.2 Å². The smallest absolute Gasteiger partial charge is 0.205 e. The van der Waals surface area contributed by atoms with Crippen molar-refractivity contribution in [3.8, 4) is 5.75 Å². The van der Waals surface area contributed by atoms with Gasteiger partial charge in [-0.1, -0.05) is 13.0 Å². The van der Waals surface area contributed by atoms with E-state index < -0.39 is 0 Å². The van der Waals surface area contributed by atoms with Crippen LogP contribution in [0.2, 0.25) is 0 Å². The SMILES string of the molecule is CCc1cc(CC2=CC(=O)c3ncncc3C2=O)cc(OC)c1. The van der Waals surface area contributed by atoms with Crippen molar-refractivity contribution in [2.45, 2.75) is 19.8 Å². The molecule has 1 aromatic heterocycles. The van der Waals surface area contributed by atoms with E-state index in [4.69, 9.17) is 4.74 Å². The number of ketones is 2. The van der Waals surface area contributed by atoms with Gasteiger partial charge in [0, 0.05) is 18.2 Å². The summed E-state index contributed by atoms with van der Waals surface area (Å²) in [6, 6.07) is 5.88. The largest absolute Gasteiger partial charge is 0.497 e. The molecule has 5 nitrogen and oxygen atoms in total. The maximum atomic E-state index is 12.5. The van der Waals surface area contributed by atoms with Gasteiger partial charge in [0.15, 0.2) is 5.78 Å². The third-order valence-electron chi connectivity index (χ3n) is 3.85. The van der Waals surface area contributed by atoms with Gasteiger partial charge in [-0.25, -0.2) is 9.97 Å². The van der Waals surface area contributed by atoms with Crippen LogP contribution in [0.4, 0.5) is 0 Å². The number of carbonyl (C=O) groups is 2.